The van der Waals surface area contributed by atoms with E-state index in [1.165, 1.54) is 17.5 Å². The van der Waals surface area contributed by atoms with Gasteiger partial charge < -0.3 is 5.11 Å². The Morgan fingerprint density at radius 1 is 0.967 bits per heavy atom. The zero-order valence-electron chi connectivity index (χ0n) is 15.3. The molecule has 0 unspecified atom stereocenters. The smallest absolute Gasteiger partial charge is 0.336 e. The summed E-state index contributed by atoms with van der Waals surface area (Å²) in [6, 6.07) is 15.1. The lowest BCUT2D eigenvalue weighted by Gasteiger charge is -2.12. The lowest BCUT2D eigenvalue weighted by atomic mass is 9.96. The van der Waals surface area contributed by atoms with Crippen LogP contribution in [0.3, 0.4) is 0 Å². The second-order valence-corrected chi connectivity index (χ2v) is 7.22. The van der Waals surface area contributed by atoms with Crippen molar-refractivity contribution in [2.45, 2.75) is 0 Å². The third-order valence-corrected chi connectivity index (χ3v) is 5.45. The molecule has 150 valence electrons. The van der Waals surface area contributed by atoms with Gasteiger partial charge in [-0.05, 0) is 29.8 Å². The van der Waals surface area contributed by atoms with E-state index in [0.717, 1.165) is 23.5 Å². The number of hydrogen-bond donors (Lipinski definition) is 3. The molecule has 1 heterocycles. The van der Waals surface area contributed by atoms with Crippen molar-refractivity contribution in [2.24, 2.45) is 0 Å². The summed E-state index contributed by atoms with van der Waals surface area (Å²) in [5.41, 5.74) is 3.76. The molecule has 0 amide bonds. The number of carboxylic acids is 1. The summed E-state index contributed by atoms with van der Waals surface area (Å²) in [4.78, 5) is 16.2. The van der Waals surface area contributed by atoms with Gasteiger partial charge in [-0.3, -0.25) is 10.7 Å². The topological polar surface area (TPSA) is 82.5 Å². The lowest BCUT2D eigenvalue weighted by molar-refractivity contribution is 0.0697. The number of para-hydroxylation sites is 1. The van der Waals surface area contributed by atoms with Gasteiger partial charge in [-0.1, -0.05) is 36.4 Å². The van der Waals surface area contributed by atoms with Crippen LogP contribution >= 0.6 is 11.3 Å². The Hall–Kier alpha value is -3.62. The average Bonchev–Trinajstić information content (AvgIpc) is 3.23. The van der Waals surface area contributed by atoms with E-state index in [2.05, 4.69) is 10.5 Å². The minimum atomic E-state index is -1.16. The van der Waals surface area contributed by atoms with Crippen LogP contribution in [0.15, 0.2) is 66.0 Å². The second kappa shape index (κ2) is 8.02. The van der Waals surface area contributed by atoms with Gasteiger partial charge in [-0.25, -0.2) is 18.6 Å². The van der Waals surface area contributed by atoms with Gasteiger partial charge in [0.1, 0.15) is 16.6 Å². The number of nitrogens with zero attached hydrogens (tertiary/aromatic N) is 1. The van der Waals surface area contributed by atoms with Gasteiger partial charge in [-0.15, -0.1) is 11.3 Å². The predicted octanol–water partition coefficient (Wildman–Crippen LogP) is 5.92. The van der Waals surface area contributed by atoms with Gasteiger partial charge in [0.05, 0.1) is 22.5 Å². The van der Waals surface area contributed by atoms with Crippen LogP contribution in [0, 0.1) is 11.6 Å². The van der Waals surface area contributed by atoms with E-state index in [0.29, 0.717) is 27.4 Å². The highest BCUT2D eigenvalue weighted by Crippen LogP contribution is 2.36. The molecule has 3 aromatic carbocycles. The fraction of sp³-hybridized carbons (Fsp3) is 0. The molecule has 8 heteroatoms. The summed E-state index contributed by atoms with van der Waals surface area (Å²) in [5, 5.41) is 21.0. The van der Waals surface area contributed by atoms with Crippen LogP contribution in [0.1, 0.15) is 10.4 Å². The van der Waals surface area contributed by atoms with Crippen LogP contribution in [0.5, 0.6) is 0 Å². The van der Waals surface area contributed by atoms with E-state index < -0.39 is 17.6 Å². The van der Waals surface area contributed by atoms with E-state index in [1.54, 1.807) is 36.4 Å². The van der Waals surface area contributed by atoms with Crippen molar-refractivity contribution in [2.75, 3.05) is 5.48 Å². The lowest BCUT2D eigenvalue weighted by Crippen LogP contribution is -2.02. The fourth-order valence-corrected chi connectivity index (χ4v) is 3.98. The molecule has 0 aliphatic carbocycles. The Morgan fingerprint density at radius 2 is 1.70 bits per heavy atom. The number of carboxylic acid groups (broad SMARTS) is 1. The number of halogens is 2. The van der Waals surface area contributed by atoms with Gasteiger partial charge in [0.2, 0.25) is 0 Å². The first-order valence-corrected chi connectivity index (χ1v) is 9.64. The van der Waals surface area contributed by atoms with Crippen molar-refractivity contribution < 1.29 is 23.9 Å². The molecule has 3 N–H and O–H groups in total. The quantitative estimate of drug-likeness (QED) is 0.346. The Kier molecular flexibility index (Phi) is 5.26. The first kappa shape index (κ1) is 19.7. The average molecular weight is 424 g/mol. The predicted molar refractivity (Wildman–Crippen MR) is 111 cm³/mol. The van der Waals surface area contributed by atoms with Crippen molar-refractivity contribution in [3.05, 3.63) is 83.2 Å². The van der Waals surface area contributed by atoms with E-state index in [4.69, 9.17) is 0 Å². The van der Waals surface area contributed by atoms with Gasteiger partial charge in [0, 0.05) is 16.5 Å². The third kappa shape index (κ3) is 3.54. The van der Waals surface area contributed by atoms with Crippen LogP contribution in [-0.2, 0) is 0 Å². The second-order valence-electron chi connectivity index (χ2n) is 6.36. The normalized spacial score (nSPS) is 10.8. The van der Waals surface area contributed by atoms with Crippen LogP contribution in [0.2, 0.25) is 0 Å². The standard InChI is InChI=1S/C22H14F2N2O3S/c23-16-5-3-6-17(24)20(16)19-11-30-21(25-19)12-8-9-13(15(10-12)22(27)28)14-4-1-2-7-18(14)26-29/h1-11,26,29H,(H,27,28). The van der Waals surface area contributed by atoms with Crippen molar-refractivity contribution in [1.82, 2.24) is 4.98 Å². The maximum atomic E-state index is 14.1. The molecule has 0 atom stereocenters. The number of thiazole rings is 1. The van der Waals surface area contributed by atoms with Crippen LogP contribution in [-0.4, -0.2) is 21.3 Å². The van der Waals surface area contributed by atoms with Gasteiger partial charge in [-0.2, -0.15) is 0 Å². The highest BCUT2D eigenvalue weighted by molar-refractivity contribution is 7.13. The zero-order valence-corrected chi connectivity index (χ0v) is 16.1. The molecule has 0 aliphatic rings. The number of rotatable bonds is 5. The summed E-state index contributed by atoms with van der Waals surface area (Å²) < 4.78 is 28.1. The van der Waals surface area contributed by atoms with Crippen LogP contribution in [0.4, 0.5) is 14.5 Å². The summed E-state index contributed by atoms with van der Waals surface area (Å²) in [7, 11) is 0. The molecule has 0 fully saturated rings. The number of hydrogen-bond acceptors (Lipinski definition) is 5. The Balaban J connectivity index is 1.80. The monoisotopic (exact) mass is 424 g/mol. The zero-order chi connectivity index (χ0) is 21.3. The first-order valence-electron chi connectivity index (χ1n) is 8.76. The van der Waals surface area contributed by atoms with Crippen molar-refractivity contribution in [3.8, 4) is 33.0 Å². The number of anilines is 1. The molecule has 0 saturated heterocycles. The molecule has 0 aliphatic heterocycles. The van der Waals surface area contributed by atoms with Gasteiger partial charge >= 0.3 is 5.97 Å². The summed E-state index contributed by atoms with van der Waals surface area (Å²) in [6.07, 6.45) is 0. The number of aromatic nitrogens is 1. The van der Waals surface area contributed by atoms with Crippen LogP contribution < -0.4 is 5.48 Å². The number of benzene rings is 3. The molecule has 0 radical (unpaired) electrons. The van der Waals surface area contributed by atoms with Crippen molar-refractivity contribution in [1.29, 1.82) is 0 Å². The molecule has 4 aromatic rings. The molecule has 0 spiro atoms. The fourth-order valence-electron chi connectivity index (χ4n) is 3.17. The largest absolute Gasteiger partial charge is 0.478 e. The molecule has 0 saturated carbocycles. The first-order chi connectivity index (χ1) is 14.5. The summed E-state index contributed by atoms with van der Waals surface area (Å²) >= 11 is 1.15. The van der Waals surface area contributed by atoms with E-state index in [9.17, 15) is 23.9 Å². The molecular formula is C22H14F2N2O3S. The maximum absolute atomic E-state index is 14.1. The molecule has 0 bridgehead atoms. The molecule has 4 rings (SSSR count). The number of aromatic carboxylic acids is 1. The van der Waals surface area contributed by atoms with E-state index in [-0.39, 0.29) is 16.8 Å². The minimum absolute atomic E-state index is 0.00372. The summed E-state index contributed by atoms with van der Waals surface area (Å²) in [6.45, 7) is 0. The SMILES string of the molecule is O=C(O)c1cc(-c2nc(-c3c(F)cccc3F)cs2)ccc1-c1ccccc1NO. The maximum Gasteiger partial charge on any atom is 0.336 e. The van der Waals surface area contributed by atoms with E-state index >= 15 is 0 Å². The Morgan fingerprint density at radius 3 is 2.40 bits per heavy atom. The van der Waals surface area contributed by atoms with Crippen LogP contribution in [0.25, 0.3) is 33.0 Å². The highest BCUT2D eigenvalue weighted by Gasteiger charge is 2.18. The van der Waals surface area contributed by atoms with E-state index in [1.807, 2.05) is 0 Å². The molecular weight excluding hydrogens is 410 g/mol. The minimum Gasteiger partial charge on any atom is -0.478 e. The number of carbonyl (C=O) groups is 1. The molecule has 1 aromatic heterocycles. The molecule has 5 nitrogen and oxygen atoms in total. The van der Waals surface area contributed by atoms with Crippen molar-refractivity contribution in [3.63, 3.8) is 0 Å². The summed E-state index contributed by atoms with van der Waals surface area (Å²) in [5.74, 6) is -2.60. The third-order valence-electron chi connectivity index (χ3n) is 4.56. The van der Waals surface area contributed by atoms with Crippen molar-refractivity contribution >= 4 is 23.0 Å². The van der Waals surface area contributed by atoms with Gasteiger partial charge in [0.15, 0.2) is 0 Å². The highest BCUT2D eigenvalue weighted by atomic mass is 32.1. The molecule has 30 heavy (non-hydrogen) atoms. The Bertz CT molecular complexity index is 1240. The number of nitrogens with one attached hydrogen (secondary N) is 1. The Labute approximate surface area is 173 Å². The van der Waals surface area contributed by atoms with Gasteiger partial charge in [0.25, 0.3) is 0 Å².